The first-order chi connectivity index (χ1) is 4.65. The minimum Gasteiger partial charge on any atom is -0.528 e. The van der Waals surface area contributed by atoms with Gasteiger partial charge < -0.3 is 21.1 Å². The zero-order chi connectivity index (χ0) is 8.41. The van der Waals surface area contributed by atoms with Crippen LogP contribution in [0.4, 0.5) is 0 Å². The molecule has 0 saturated heterocycles. The summed E-state index contributed by atoms with van der Waals surface area (Å²) in [4.78, 5) is 9.22. The Morgan fingerprint density at radius 3 is 1.91 bits per heavy atom. The third-order valence-electron chi connectivity index (χ3n) is 0.309. The van der Waals surface area contributed by atoms with Gasteiger partial charge in [0.15, 0.2) is 0 Å². The maximum atomic E-state index is 9.22. The Bertz CT molecular complexity index is 66.7. The summed E-state index contributed by atoms with van der Waals surface area (Å²) in [7, 11) is 0. The molecule has 0 radical (unpaired) electrons. The van der Waals surface area contributed by atoms with Crippen LogP contribution in [-0.2, 0) is 4.79 Å². The summed E-state index contributed by atoms with van der Waals surface area (Å²) in [6.45, 7) is 6.53. The number of rotatable bonds is 3. The third kappa shape index (κ3) is 62.2. The van der Waals surface area contributed by atoms with E-state index in [-0.39, 0.29) is 37.7 Å². The first kappa shape index (κ1) is 17.5. The third-order valence-corrected chi connectivity index (χ3v) is 0.309. The monoisotopic (exact) mass is 383 g/mol. The van der Waals surface area contributed by atoms with Crippen LogP contribution in [0.3, 0.4) is 0 Å². The van der Waals surface area contributed by atoms with Gasteiger partial charge in [-0.3, -0.25) is 0 Å². The molecule has 0 aromatic heterocycles. The normalized spacial score (nSPS) is 7.36. The number of aliphatic hydroxyl groups is 1. The van der Waals surface area contributed by atoms with Crippen LogP contribution in [0, 0.1) is 37.0 Å². The molecule has 0 atom stereocenters. The second-order valence-corrected chi connectivity index (χ2v) is 2.25. The predicted octanol–water partition coefficient (Wildman–Crippen LogP) is 0.256. The zero-order valence-corrected chi connectivity index (χ0v) is 11.4. The molecular weight excluding hydrogens is 368 g/mol. The van der Waals surface area contributed by atoms with Crippen molar-refractivity contribution < 1.29 is 41.0 Å². The Hall–Kier alpha value is 0.482. The molecule has 0 aliphatic rings. The van der Waals surface area contributed by atoms with Crippen molar-refractivity contribution in [3.8, 4) is 0 Å². The van der Waals surface area contributed by atoms with Gasteiger partial charge in [0.25, 0.3) is 0 Å². The van der Waals surface area contributed by atoms with Gasteiger partial charge in [0.2, 0.25) is 0 Å². The van der Waals surface area contributed by atoms with E-state index in [2.05, 4.69) is 26.1 Å². The molecule has 0 aromatic carbocycles. The molecule has 11 heavy (non-hydrogen) atoms. The van der Waals surface area contributed by atoms with Gasteiger partial charge in [-0.15, -0.1) is 0 Å². The van der Waals surface area contributed by atoms with E-state index in [9.17, 15) is 4.79 Å². The number of amides is 1. The van der Waals surface area contributed by atoms with Gasteiger partial charge in [-0.25, -0.2) is 0 Å². The predicted molar refractivity (Wildman–Crippen MR) is 41.0 cm³/mol. The van der Waals surface area contributed by atoms with Crippen molar-refractivity contribution in [3.05, 3.63) is 5.92 Å². The van der Waals surface area contributed by atoms with Crippen molar-refractivity contribution in [3.63, 3.8) is 0 Å². The number of carbonyl (C=O) groups excluding carboxylic acids is 1. The van der Waals surface area contributed by atoms with Crippen LogP contribution in [0.1, 0.15) is 20.8 Å². The average Bonchev–Trinajstić information content (AvgIpc) is 1.82. The molecule has 0 bridgehead atoms. The molecule has 0 rings (SSSR count). The summed E-state index contributed by atoms with van der Waals surface area (Å²) in [5, 5.41) is 10.1. The van der Waals surface area contributed by atoms with E-state index in [1.165, 1.54) is 12.3 Å². The van der Waals surface area contributed by atoms with E-state index in [1.54, 1.807) is 0 Å². The molecule has 0 aliphatic heterocycles. The van der Waals surface area contributed by atoms with Gasteiger partial charge in [-0.1, -0.05) is 0 Å². The van der Waals surface area contributed by atoms with E-state index in [1.807, 2.05) is 0 Å². The van der Waals surface area contributed by atoms with Crippen LogP contribution >= 0.6 is 0 Å². The minimum atomic E-state index is -0.0186. The molecule has 64 valence electrons. The van der Waals surface area contributed by atoms with Crippen molar-refractivity contribution in [2.45, 2.75) is 20.8 Å². The first-order valence-corrected chi connectivity index (χ1v) is 3.12. The van der Waals surface area contributed by atoms with Crippen LogP contribution in [0.5, 0.6) is 0 Å². The Balaban J connectivity index is -0.000000114. The van der Waals surface area contributed by atoms with Gasteiger partial charge in [-0.2, -0.15) is 27.2 Å². The standard InChI is InChI=1S/C4H9.C3H6NO2.U/c1-4(2)3;5-2-1-4-3-6;/h1-3H3;5H,1-2H2,(H,4,6);/q2*-1;+2. The Morgan fingerprint density at radius 2 is 1.82 bits per heavy atom. The van der Waals surface area contributed by atoms with Gasteiger partial charge >= 0.3 is 31.1 Å². The van der Waals surface area contributed by atoms with Crippen molar-refractivity contribution in [2.75, 3.05) is 13.2 Å². The molecular formula is C7H15NO2U. The maximum Gasteiger partial charge on any atom is 2.00 e. The van der Waals surface area contributed by atoms with Crippen molar-refractivity contribution in [1.29, 1.82) is 0 Å². The molecule has 0 aromatic rings. The summed E-state index contributed by atoms with van der Waals surface area (Å²) in [5.74, 6) is 1.42. The number of aliphatic hydroxyl groups excluding tert-OH is 1. The largest absolute Gasteiger partial charge is 2.00 e. The molecule has 0 unspecified atom stereocenters. The summed E-state index contributed by atoms with van der Waals surface area (Å²) in [6, 6.07) is 0. The van der Waals surface area contributed by atoms with Crippen molar-refractivity contribution in [1.82, 2.24) is 5.32 Å². The smallest absolute Gasteiger partial charge is 0.528 e. The fourth-order valence-corrected chi connectivity index (χ4v) is 0.107. The van der Waals surface area contributed by atoms with Crippen molar-refractivity contribution in [2.24, 2.45) is 0 Å². The van der Waals surface area contributed by atoms with E-state index in [0.717, 1.165) is 0 Å². The number of hydrogen-bond acceptors (Lipinski definition) is 2. The average molecular weight is 383 g/mol. The summed E-state index contributed by atoms with van der Waals surface area (Å²) in [5.41, 5.74) is 0. The quantitative estimate of drug-likeness (QED) is 0.417. The Labute approximate surface area is 92.3 Å². The van der Waals surface area contributed by atoms with E-state index < -0.39 is 0 Å². The van der Waals surface area contributed by atoms with E-state index >= 15 is 0 Å². The number of nitrogens with one attached hydrogen (secondary N) is 1. The summed E-state index contributed by atoms with van der Waals surface area (Å²) >= 11 is 0. The van der Waals surface area contributed by atoms with Crippen LogP contribution < -0.4 is 5.32 Å². The molecule has 0 aliphatic carbocycles. The minimum absolute atomic E-state index is 0. The second-order valence-electron chi connectivity index (χ2n) is 2.25. The van der Waals surface area contributed by atoms with Crippen LogP contribution in [0.15, 0.2) is 0 Å². The topological polar surface area (TPSA) is 49.3 Å². The molecule has 4 heteroatoms. The van der Waals surface area contributed by atoms with Gasteiger partial charge in [0, 0.05) is 6.54 Å². The fraction of sp³-hybridized carbons (Fsp3) is 0.714. The zero-order valence-electron chi connectivity index (χ0n) is 7.27. The molecule has 3 nitrogen and oxygen atoms in total. The second kappa shape index (κ2) is 16.8. The van der Waals surface area contributed by atoms with Gasteiger partial charge in [0.1, 0.15) is 0 Å². The van der Waals surface area contributed by atoms with Crippen molar-refractivity contribution >= 4 is 6.41 Å². The van der Waals surface area contributed by atoms with Crippen LogP contribution in [-0.4, -0.2) is 24.7 Å². The first-order valence-electron chi connectivity index (χ1n) is 3.12. The fourth-order valence-electron chi connectivity index (χ4n) is 0.107. The van der Waals surface area contributed by atoms with Crippen LogP contribution in [0.2, 0.25) is 0 Å². The van der Waals surface area contributed by atoms with Gasteiger partial charge in [0.05, 0.1) is 6.61 Å². The SMILES string of the molecule is C[C-](C)C.O=[C-]NCCO.[U+2]. The van der Waals surface area contributed by atoms with E-state index in [0.29, 0.717) is 6.54 Å². The molecule has 0 fully saturated rings. The molecule has 0 spiro atoms. The summed E-state index contributed by atoms with van der Waals surface area (Å²) in [6.07, 6.45) is 1.41. The number of hydrogen-bond donors (Lipinski definition) is 2. The maximum absolute atomic E-state index is 9.22. The Morgan fingerprint density at radius 1 is 1.45 bits per heavy atom. The molecule has 2 N–H and O–H groups in total. The molecule has 0 saturated carbocycles. The molecule has 0 heterocycles. The van der Waals surface area contributed by atoms with Gasteiger partial charge in [-0.05, 0) is 0 Å². The van der Waals surface area contributed by atoms with Crippen LogP contribution in [0.25, 0.3) is 0 Å². The Kier molecular flexibility index (Phi) is 26.8. The van der Waals surface area contributed by atoms with E-state index in [4.69, 9.17) is 5.11 Å². The molecule has 1 amide bonds. The summed E-state index contributed by atoms with van der Waals surface area (Å²) < 4.78 is 0.